The zero-order chi connectivity index (χ0) is 21.7. The molecule has 1 aromatic rings. The fourth-order valence-electron chi connectivity index (χ4n) is 4.99. The average molecular weight is 450 g/mol. The third-order valence-electron chi connectivity index (χ3n) is 6.21. The molecule has 0 saturated heterocycles. The molecule has 4 saturated carbocycles. The van der Waals surface area contributed by atoms with Crippen molar-refractivity contribution in [2.75, 3.05) is 6.61 Å². The fourth-order valence-corrected chi connectivity index (χ4v) is 5.11. The number of benzene rings is 1. The Bertz CT molecular complexity index is 849. The van der Waals surface area contributed by atoms with Crippen molar-refractivity contribution in [2.45, 2.75) is 56.5 Å². The quantitative estimate of drug-likeness (QED) is 0.605. The molecule has 0 atom stereocenters. The summed E-state index contributed by atoms with van der Waals surface area (Å²) in [6.45, 7) is -0.266. The van der Waals surface area contributed by atoms with Gasteiger partial charge in [0, 0.05) is 23.9 Å². The Balaban J connectivity index is 1.16. The van der Waals surface area contributed by atoms with Crippen molar-refractivity contribution in [1.82, 2.24) is 5.32 Å². The van der Waals surface area contributed by atoms with Gasteiger partial charge in [-0.25, -0.2) is 4.39 Å². The fraction of sp³-hybridized carbons (Fsp3) is 0.600. The summed E-state index contributed by atoms with van der Waals surface area (Å²) >= 11 is 5.59. The highest BCUT2D eigenvalue weighted by Gasteiger charge is 2.68. The first kappa shape index (κ1) is 21.4. The number of Topliss-reactive ketones (excluding diaryl/α,β-unsaturated/α-hetero) is 1. The van der Waals surface area contributed by atoms with Gasteiger partial charge in [0.15, 0.2) is 6.61 Å². The molecular weight excluding hydrogens is 430 g/mol. The van der Waals surface area contributed by atoms with Crippen LogP contribution in [0.25, 0.3) is 0 Å². The lowest BCUT2D eigenvalue weighted by Crippen LogP contribution is -2.75. The summed E-state index contributed by atoms with van der Waals surface area (Å²) in [5, 5.41) is 2.87. The summed E-state index contributed by atoms with van der Waals surface area (Å²) in [7, 11) is 0. The van der Waals surface area contributed by atoms with Crippen molar-refractivity contribution < 1.29 is 36.6 Å². The summed E-state index contributed by atoms with van der Waals surface area (Å²) in [6.07, 6.45) is -3.03. The van der Waals surface area contributed by atoms with E-state index in [9.17, 15) is 27.2 Å². The highest BCUT2D eigenvalue weighted by atomic mass is 35.5. The molecular formula is C20H20ClF4NO4. The maximum Gasteiger partial charge on any atom is 0.522 e. The number of amides is 1. The molecule has 1 N–H and O–H groups in total. The second kappa shape index (κ2) is 7.37. The van der Waals surface area contributed by atoms with Crippen LogP contribution >= 0.6 is 11.6 Å². The summed E-state index contributed by atoms with van der Waals surface area (Å²) < 4.78 is 59.0. The van der Waals surface area contributed by atoms with Crippen LogP contribution in [0.4, 0.5) is 17.6 Å². The predicted octanol–water partition coefficient (Wildman–Crippen LogP) is 4.17. The zero-order valence-corrected chi connectivity index (χ0v) is 16.6. The molecule has 2 bridgehead atoms. The van der Waals surface area contributed by atoms with Gasteiger partial charge in [-0.1, -0.05) is 11.6 Å². The summed E-state index contributed by atoms with van der Waals surface area (Å²) in [6, 6.07) is 3.90. The molecule has 164 valence electrons. The molecule has 0 aromatic heterocycles. The molecule has 10 heteroatoms. The summed E-state index contributed by atoms with van der Waals surface area (Å²) in [5.74, 6) is -1.17. The molecule has 30 heavy (non-hydrogen) atoms. The van der Waals surface area contributed by atoms with Crippen LogP contribution in [0.5, 0.6) is 5.75 Å². The number of alkyl halides is 3. The second-order valence-electron chi connectivity index (χ2n) is 8.72. The molecule has 5 nitrogen and oxygen atoms in total. The molecule has 4 aliphatic rings. The van der Waals surface area contributed by atoms with Gasteiger partial charge in [-0.15, -0.1) is 13.2 Å². The molecule has 4 fully saturated rings. The van der Waals surface area contributed by atoms with Gasteiger partial charge in [0.05, 0.1) is 11.1 Å². The smallest absolute Gasteiger partial charge is 0.484 e. The maximum absolute atomic E-state index is 13.4. The first-order chi connectivity index (χ1) is 14.0. The van der Waals surface area contributed by atoms with Gasteiger partial charge < -0.3 is 10.1 Å². The Kier molecular flexibility index (Phi) is 5.25. The lowest BCUT2D eigenvalue weighted by atomic mass is 9.38. The first-order valence-corrected chi connectivity index (χ1v) is 10.0. The van der Waals surface area contributed by atoms with Gasteiger partial charge in [-0.3, -0.25) is 14.3 Å². The topological polar surface area (TPSA) is 64.6 Å². The third-order valence-corrected chi connectivity index (χ3v) is 6.51. The minimum absolute atomic E-state index is 0.0234. The van der Waals surface area contributed by atoms with Crippen LogP contribution in [-0.2, 0) is 14.3 Å². The lowest BCUT2D eigenvalue weighted by molar-refractivity contribution is -0.353. The highest BCUT2D eigenvalue weighted by Crippen LogP contribution is 2.69. The molecule has 1 amide bonds. The predicted molar refractivity (Wildman–Crippen MR) is 97.3 cm³/mol. The van der Waals surface area contributed by atoms with E-state index < -0.39 is 18.3 Å². The number of ketones is 1. The number of hydrogen-bond donors (Lipinski definition) is 1. The number of rotatable bonds is 8. The van der Waals surface area contributed by atoms with Gasteiger partial charge in [-0.2, -0.15) is 0 Å². The zero-order valence-electron chi connectivity index (χ0n) is 15.9. The van der Waals surface area contributed by atoms with Crippen molar-refractivity contribution in [3.8, 4) is 5.75 Å². The van der Waals surface area contributed by atoms with Crippen molar-refractivity contribution >= 4 is 23.3 Å². The molecule has 0 heterocycles. The number of halogens is 5. The number of ether oxygens (including phenoxy) is 2. The van der Waals surface area contributed by atoms with Crippen LogP contribution < -0.4 is 10.1 Å². The monoisotopic (exact) mass is 449 g/mol. The molecule has 4 aliphatic carbocycles. The maximum atomic E-state index is 13.4. The Hall–Kier alpha value is -1.87. The van der Waals surface area contributed by atoms with Gasteiger partial charge in [0.1, 0.15) is 17.3 Å². The van der Waals surface area contributed by atoms with Crippen LogP contribution in [0.2, 0.25) is 5.02 Å². The van der Waals surface area contributed by atoms with Gasteiger partial charge in [0.25, 0.3) is 5.91 Å². The normalized spacial score (nSPS) is 31.8. The van der Waals surface area contributed by atoms with E-state index in [1.54, 1.807) is 0 Å². The van der Waals surface area contributed by atoms with Crippen molar-refractivity contribution in [3.05, 3.63) is 29.0 Å². The number of nitrogens with one attached hydrogen (secondary N) is 1. The molecule has 1 aromatic carbocycles. The van der Waals surface area contributed by atoms with Crippen LogP contribution in [0, 0.1) is 17.2 Å². The average Bonchev–Trinajstić information content (AvgIpc) is 2.54. The van der Waals surface area contributed by atoms with Crippen LogP contribution in [0.1, 0.15) is 38.5 Å². The molecule has 0 spiro atoms. The number of carbonyl (C=O) groups excluding carboxylic acids is 2. The summed E-state index contributed by atoms with van der Waals surface area (Å²) in [4.78, 5) is 24.4. The van der Waals surface area contributed by atoms with Gasteiger partial charge in [0.2, 0.25) is 0 Å². The van der Waals surface area contributed by atoms with E-state index >= 15 is 0 Å². The van der Waals surface area contributed by atoms with Crippen LogP contribution in [0.3, 0.4) is 0 Å². The van der Waals surface area contributed by atoms with E-state index in [-0.39, 0.29) is 58.8 Å². The molecule has 0 radical (unpaired) electrons. The van der Waals surface area contributed by atoms with E-state index in [1.165, 1.54) is 12.1 Å². The SMILES string of the molecule is O=C(COc1ccc(Cl)c(F)c1)NC12CC(CC(=O)C3CC(OC(F)(F)F)C3)(C1)C2. The van der Waals surface area contributed by atoms with E-state index in [0.717, 1.165) is 6.07 Å². The number of carbonyl (C=O) groups is 2. The van der Waals surface area contributed by atoms with Crippen LogP contribution in [0.15, 0.2) is 18.2 Å². The Labute approximate surface area is 175 Å². The highest BCUT2D eigenvalue weighted by molar-refractivity contribution is 6.30. The van der Waals surface area contributed by atoms with E-state index in [1.807, 2.05) is 0 Å². The number of hydrogen-bond acceptors (Lipinski definition) is 4. The molecule has 0 unspecified atom stereocenters. The first-order valence-electron chi connectivity index (χ1n) is 9.63. The summed E-state index contributed by atoms with van der Waals surface area (Å²) in [5.41, 5.74) is -0.492. The minimum atomic E-state index is -4.66. The van der Waals surface area contributed by atoms with Crippen molar-refractivity contribution in [3.63, 3.8) is 0 Å². The minimum Gasteiger partial charge on any atom is -0.484 e. The van der Waals surface area contributed by atoms with E-state index in [4.69, 9.17) is 16.3 Å². The van der Waals surface area contributed by atoms with Gasteiger partial charge in [-0.05, 0) is 49.7 Å². The molecule has 5 rings (SSSR count). The molecule has 0 aliphatic heterocycles. The van der Waals surface area contributed by atoms with Gasteiger partial charge >= 0.3 is 6.36 Å². The van der Waals surface area contributed by atoms with Crippen molar-refractivity contribution in [1.29, 1.82) is 0 Å². The second-order valence-corrected chi connectivity index (χ2v) is 9.13. The van der Waals surface area contributed by atoms with E-state index in [2.05, 4.69) is 10.1 Å². The Morgan fingerprint density at radius 1 is 1.20 bits per heavy atom. The largest absolute Gasteiger partial charge is 0.522 e. The Morgan fingerprint density at radius 3 is 2.47 bits per heavy atom. The van der Waals surface area contributed by atoms with Crippen LogP contribution in [-0.4, -0.2) is 36.3 Å². The third kappa shape index (κ3) is 4.42. The lowest BCUT2D eigenvalue weighted by Gasteiger charge is -2.71. The Morgan fingerprint density at radius 2 is 1.87 bits per heavy atom. The van der Waals surface area contributed by atoms with E-state index in [0.29, 0.717) is 25.7 Å². The standard InChI is InChI=1S/C20H20ClF4NO4/c21-14-2-1-12(5-15(14)22)29-7-17(28)26-19-8-18(9-19,10-19)6-16(27)11-3-13(4-11)30-20(23,24)25/h1-2,5,11,13H,3-4,6-10H2,(H,26,28). The van der Waals surface area contributed by atoms with Crippen molar-refractivity contribution in [2.24, 2.45) is 11.3 Å².